The first-order valence-corrected chi connectivity index (χ1v) is 8.68. The third kappa shape index (κ3) is 4.55. The molecule has 6 nitrogen and oxygen atoms in total. The Labute approximate surface area is 153 Å². The van der Waals surface area contributed by atoms with E-state index in [0.717, 1.165) is 27.4 Å². The van der Waals surface area contributed by atoms with Crippen molar-refractivity contribution in [2.75, 3.05) is 20.6 Å². The number of hydrogen-bond donors (Lipinski definition) is 2. The van der Waals surface area contributed by atoms with E-state index >= 15 is 0 Å². The zero-order chi connectivity index (χ0) is 18.4. The fraction of sp³-hybridized carbons (Fsp3) is 0.250. The minimum Gasteiger partial charge on any atom is -0.332 e. The number of pyridine rings is 1. The van der Waals surface area contributed by atoms with Crippen LogP contribution in [0.15, 0.2) is 60.9 Å². The van der Waals surface area contributed by atoms with Crippen LogP contribution >= 0.6 is 0 Å². The Morgan fingerprint density at radius 1 is 1.08 bits per heavy atom. The number of benzene rings is 1. The molecule has 0 spiro atoms. The molecular formula is C20H24N5O+. The average Bonchev–Trinajstić information content (AvgIpc) is 3.10. The summed E-state index contributed by atoms with van der Waals surface area (Å²) in [6, 6.07) is 15.8. The highest BCUT2D eigenvalue weighted by Crippen LogP contribution is 2.22. The molecule has 2 aromatic heterocycles. The third-order valence-electron chi connectivity index (χ3n) is 4.08. The Bertz CT molecular complexity index is 830. The summed E-state index contributed by atoms with van der Waals surface area (Å²) in [6.07, 6.45) is 3.55. The Kier molecular flexibility index (Phi) is 5.76. The molecule has 0 aliphatic carbocycles. The van der Waals surface area contributed by atoms with Gasteiger partial charge < -0.3 is 9.80 Å². The minimum absolute atomic E-state index is 0.0934. The average molecular weight is 350 g/mol. The van der Waals surface area contributed by atoms with Gasteiger partial charge in [-0.1, -0.05) is 36.4 Å². The lowest BCUT2D eigenvalue weighted by molar-refractivity contribution is -0.849. The molecule has 3 rings (SSSR count). The van der Waals surface area contributed by atoms with Crippen molar-refractivity contribution >= 4 is 5.91 Å². The number of carbonyl (C=O) groups excluding carboxylic acids is 1. The van der Waals surface area contributed by atoms with Gasteiger partial charge in [-0.05, 0) is 17.7 Å². The Balaban J connectivity index is 1.84. The molecule has 0 aliphatic rings. The van der Waals surface area contributed by atoms with Crippen LogP contribution in [0.2, 0.25) is 0 Å². The molecule has 26 heavy (non-hydrogen) atoms. The molecule has 1 amide bonds. The van der Waals surface area contributed by atoms with Crippen molar-refractivity contribution in [3.8, 4) is 11.3 Å². The molecule has 0 radical (unpaired) electrons. The van der Waals surface area contributed by atoms with E-state index in [1.165, 1.54) is 0 Å². The quantitative estimate of drug-likeness (QED) is 0.672. The second-order valence-corrected chi connectivity index (χ2v) is 6.59. The highest BCUT2D eigenvalue weighted by molar-refractivity contribution is 5.77. The largest absolute Gasteiger partial charge is 0.332 e. The molecule has 0 fully saturated rings. The summed E-state index contributed by atoms with van der Waals surface area (Å²) in [5, 5.41) is 7.26. The summed E-state index contributed by atoms with van der Waals surface area (Å²) in [5.41, 5.74) is 3.87. The molecule has 0 saturated carbocycles. The molecule has 134 valence electrons. The van der Waals surface area contributed by atoms with Crippen molar-refractivity contribution in [2.24, 2.45) is 0 Å². The topological polar surface area (TPSA) is 66.3 Å². The van der Waals surface area contributed by atoms with E-state index in [0.29, 0.717) is 19.6 Å². The molecule has 0 aliphatic heterocycles. The van der Waals surface area contributed by atoms with Gasteiger partial charge in [0.1, 0.15) is 0 Å². The van der Waals surface area contributed by atoms with E-state index in [4.69, 9.17) is 0 Å². The van der Waals surface area contributed by atoms with Crippen molar-refractivity contribution in [3.63, 3.8) is 0 Å². The van der Waals surface area contributed by atoms with Gasteiger partial charge >= 0.3 is 0 Å². The van der Waals surface area contributed by atoms with Gasteiger partial charge in [0.15, 0.2) is 6.54 Å². The first kappa shape index (κ1) is 17.8. The lowest BCUT2D eigenvalue weighted by Crippen LogP contribution is -3.07. The Morgan fingerprint density at radius 3 is 2.54 bits per heavy atom. The molecule has 1 aromatic carbocycles. The van der Waals surface area contributed by atoms with Crippen LogP contribution in [0.3, 0.4) is 0 Å². The second-order valence-electron chi connectivity index (χ2n) is 6.59. The van der Waals surface area contributed by atoms with Gasteiger partial charge in [-0.25, -0.2) is 0 Å². The molecule has 2 N–H and O–H groups in total. The number of likely N-dealkylation sites (N-methyl/N-ethyl adjacent to an activating group) is 1. The van der Waals surface area contributed by atoms with Crippen molar-refractivity contribution in [2.45, 2.75) is 13.1 Å². The van der Waals surface area contributed by atoms with Gasteiger partial charge in [-0.15, -0.1) is 0 Å². The van der Waals surface area contributed by atoms with Crippen molar-refractivity contribution in [3.05, 3.63) is 72.2 Å². The minimum atomic E-state index is 0.0934. The maximum Gasteiger partial charge on any atom is 0.278 e. The van der Waals surface area contributed by atoms with Gasteiger partial charge in [-0.3, -0.25) is 14.9 Å². The fourth-order valence-corrected chi connectivity index (χ4v) is 2.83. The normalized spacial score (nSPS) is 10.9. The fourth-order valence-electron chi connectivity index (χ4n) is 2.83. The van der Waals surface area contributed by atoms with Crippen LogP contribution in [-0.4, -0.2) is 46.6 Å². The first-order valence-electron chi connectivity index (χ1n) is 8.68. The van der Waals surface area contributed by atoms with Crippen LogP contribution in [0, 0.1) is 0 Å². The molecule has 3 aromatic rings. The van der Waals surface area contributed by atoms with Crippen LogP contribution in [0.4, 0.5) is 0 Å². The summed E-state index contributed by atoms with van der Waals surface area (Å²) in [4.78, 5) is 20.1. The number of aromatic amines is 1. The van der Waals surface area contributed by atoms with Gasteiger partial charge in [0, 0.05) is 11.8 Å². The molecule has 0 atom stereocenters. The van der Waals surface area contributed by atoms with E-state index in [1.807, 2.05) is 67.5 Å². The van der Waals surface area contributed by atoms with E-state index in [1.54, 1.807) is 12.4 Å². The first-order chi connectivity index (χ1) is 12.6. The number of carbonyl (C=O) groups is 1. The lowest BCUT2D eigenvalue weighted by atomic mass is 10.1. The highest BCUT2D eigenvalue weighted by atomic mass is 16.2. The number of amides is 1. The molecule has 2 heterocycles. The lowest BCUT2D eigenvalue weighted by Gasteiger charge is -2.23. The molecule has 0 saturated heterocycles. The molecular weight excluding hydrogens is 326 g/mol. The van der Waals surface area contributed by atoms with Crippen molar-refractivity contribution in [1.29, 1.82) is 0 Å². The van der Waals surface area contributed by atoms with Crippen molar-refractivity contribution < 1.29 is 9.69 Å². The van der Waals surface area contributed by atoms with E-state index in [9.17, 15) is 4.79 Å². The number of nitrogens with one attached hydrogen (secondary N) is 2. The second kappa shape index (κ2) is 8.40. The molecule has 6 heteroatoms. The third-order valence-corrected chi connectivity index (χ3v) is 4.08. The predicted molar refractivity (Wildman–Crippen MR) is 100 cm³/mol. The summed E-state index contributed by atoms with van der Waals surface area (Å²) in [6.45, 7) is 1.40. The number of quaternary nitrogens is 1. The van der Waals surface area contributed by atoms with Gasteiger partial charge in [0.2, 0.25) is 0 Å². The van der Waals surface area contributed by atoms with Gasteiger partial charge in [0.05, 0.1) is 44.8 Å². The number of H-pyrrole nitrogens is 1. The standard InChI is InChI=1S/C20H23N5O/c1-24(2)15-19(26)25(14-18-10-6-7-11-21-18)13-17-12-22-23-20(17)16-8-4-3-5-9-16/h3-12H,13-15H2,1-2H3,(H,22,23)/p+1. The smallest absolute Gasteiger partial charge is 0.278 e. The summed E-state index contributed by atoms with van der Waals surface area (Å²) in [7, 11) is 3.95. The number of hydrogen-bond acceptors (Lipinski definition) is 3. The van der Waals surface area contributed by atoms with Crippen LogP contribution in [0.5, 0.6) is 0 Å². The maximum atomic E-state index is 12.8. The number of nitrogens with zero attached hydrogens (tertiary/aromatic N) is 3. The highest BCUT2D eigenvalue weighted by Gasteiger charge is 2.20. The van der Waals surface area contributed by atoms with E-state index < -0.39 is 0 Å². The Hall–Kier alpha value is -2.99. The van der Waals surface area contributed by atoms with Crippen LogP contribution in [-0.2, 0) is 17.9 Å². The van der Waals surface area contributed by atoms with Crippen molar-refractivity contribution in [1.82, 2.24) is 20.1 Å². The monoisotopic (exact) mass is 350 g/mol. The van der Waals surface area contributed by atoms with Crippen LogP contribution in [0.25, 0.3) is 11.3 Å². The number of aromatic nitrogens is 3. The van der Waals surface area contributed by atoms with Gasteiger partial charge in [-0.2, -0.15) is 5.10 Å². The Morgan fingerprint density at radius 2 is 1.85 bits per heavy atom. The summed E-state index contributed by atoms with van der Waals surface area (Å²) < 4.78 is 0. The number of rotatable bonds is 7. The predicted octanol–water partition coefficient (Wildman–Crippen LogP) is 1.15. The SMILES string of the molecule is C[NH+](C)CC(=O)N(Cc1ccccn1)Cc1cn[nH]c1-c1ccccc1. The van der Waals surface area contributed by atoms with E-state index in [2.05, 4.69) is 15.2 Å². The maximum absolute atomic E-state index is 12.8. The van der Waals surface area contributed by atoms with Crippen LogP contribution < -0.4 is 4.90 Å². The summed E-state index contributed by atoms with van der Waals surface area (Å²) >= 11 is 0. The molecule has 0 bridgehead atoms. The molecule has 0 unspecified atom stereocenters. The zero-order valence-electron chi connectivity index (χ0n) is 15.1. The van der Waals surface area contributed by atoms with Gasteiger partial charge in [0.25, 0.3) is 5.91 Å². The zero-order valence-corrected chi connectivity index (χ0v) is 15.1. The van der Waals surface area contributed by atoms with E-state index in [-0.39, 0.29) is 5.91 Å². The van der Waals surface area contributed by atoms with Crippen LogP contribution in [0.1, 0.15) is 11.3 Å². The summed E-state index contributed by atoms with van der Waals surface area (Å²) in [5.74, 6) is 0.0934.